The fourth-order valence-electron chi connectivity index (χ4n) is 4.44. The summed E-state index contributed by atoms with van der Waals surface area (Å²) >= 11 is 1.55. The van der Waals surface area contributed by atoms with Gasteiger partial charge in [-0.3, -0.25) is 9.59 Å². The molecule has 1 aromatic heterocycles. The third kappa shape index (κ3) is 3.25. The van der Waals surface area contributed by atoms with Crippen molar-refractivity contribution in [1.82, 2.24) is 10.2 Å². The molecule has 1 atom stereocenters. The lowest BCUT2D eigenvalue weighted by molar-refractivity contribution is 0.0622. The monoisotopic (exact) mass is 390 g/mol. The summed E-state index contributed by atoms with van der Waals surface area (Å²) in [7, 11) is 0. The fraction of sp³-hybridized carbons (Fsp3) is 0.304. The van der Waals surface area contributed by atoms with Crippen molar-refractivity contribution >= 4 is 33.6 Å². The van der Waals surface area contributed by atoms with Crippen molar-refractivity contribution in [2.75, 3.05) is 19.6 Å². The number of fused-ring (bicyclic) bond motifs is 4. The molecule has 3 aliphatic heterocycles. The van der Waals surface area contributed by atoms with Gasteiger partial charge in [-0.15, -0.1) is 11.3 Å². The fourth-order valence-corrected chi connectivity index (χ4v) is 5.45. The van der Waals surface area contributed by atoms with Crippen molar-refractivity contribution in [3.8, 4) is 11.1 Å². The number of aldehydes is 1. The van der Waals surface area contributed by atoms with Gasteiger partial charge in [-0.1, -0.05) is 36.4 Å². The Balaban J connectivity index is 1.37. The van der Waals surface area contributed by atoms with Crippen LogP contribution in [0.3, 0.4) is 0 Å². The number of hydrogen-bond donors (Lipinski definition) is 1. The molecule has 142 valence electrons. The highest BCUT2D eigenvalue weighted by atomic mass is 32.1. The van der Waals surface area contributed by atoms with E-state index in [0.717, 1.165) is 38.9 Å². The van der Waals surface area contributed by atoms with Crippen LogP contribution in [0.4, 0.5) is 0 Å². The van der Waals surface area contributed by atoms with E-state index in [2.05, 4.69) is 28.4 Å². The summed E-state index contributed by atoms with van der Waals surface area (Å²) in [6.45, 7) is 3.34. The Hall–Kier alpha value is -2.50. The predicted molar refractivity (Wildman–Crippen MR) is 113 cm³/mol. The minimum absolute atomic E-state index is 0.0526. The van der Waals surface area contributed by atoms with E-state index < -0.39 is 0 Å². The summed E-state index contributed by atoms with van der Waals surface area (Å²) in [5, 5.41) is 4.38. The number of carbonyl (C=O) groups is 2. The van der Waals surface area contributed by atoms with Gasteiger partial charge in [0.15, 0.2) is 0 Å². The lowest BCUT2D eigenvalue weighted by Crippen LogP contribution is -2.57. The standard InChI is InChI=1S/C23H22N2O2S/c26-14-15-1-3-16(4-2-15)18-5-6-19-12-22(28-21(19)11-18)23(27)24-20-13-25-9-7-17(20)8-10-25/h1-6,11-12,14,17,20H,7-10,13H2,(H,24,27). The first-order valence-corrected chi connectivity index (χ1v) is 10.6. The molecule has 0 saturated carbocycles. The van der Waals surface area contributed by atoms with E-state index in [1.165, 1.54) is 25.9 Å². The Labute approximate surface area is 168 Å². The Morgan fingerprint density at radius 1 is 1.04 bits per heavy atom. The molecule has 0 aliphatic carbocycles. The number of benzene rings is 2. The van der Waals surface area contributed by atoms with Crippen LogP contribution in [0, 0.1) is 5.92 Å². The quantitative estimate of drug-likeness (QED) is 0.679. The molecule has 4 nitrogen and oxygen atoms in total. The molecule has 6 rings (SSSR count). The molecule has 3 aliphatic rings. The van der Waals surface area contributed by atoms with Crippen LogP contribution in [-0.4, -0.2) is 42.8 Å². The number of nitrogens with zero attached hydrogens (tertiary/aromatic N) is 1. The van der Waals surface area contributed by atoms with Gasteiger partial charge in [-0.25, -0.2) is 0 Å². The number of piperidine rings is 3. The second-order valence-electron chi connectivity index (χ2n) is 7.82. The topological polar surface area (TPSA) is 49.4 Å². The average molecular weight is 391 g/mol. The summed E-state index contributed by atoms with van der Waals surface area (Å²) in [6.07, 6.45) is 3.25. The van der Waals surface area contributed by atoms with Crippen LogP contribution in [0.1, 0.15) is 32.9 Å². The summed E-state index contributed by atoms with van der Waals surface area (Å²) in [6, 6.07) is 16.1. The van der Waals surface area contributed by atoms with Crippen LogP contribution >= 0.6 is 11.3 Å². The molecule has 1 amide bonds. The minimum atomic E-state index is 0.0526. The Bertz CT molecular complexity index is 1030. The third-order valence-corrected chi connectivity index (χ3v) is 7.19. The van der Waals surface area contributed by atoms with Gasteiger partial charge in [-0.05, 0) is 60.5 Å². The second kappa shape index (κ2) is 7.15. The van der Waals surface area contributed by atoms with E-state index in [1.807, 2.05) is 30.3 Å². The molecule has 4 heterocycles. The van der Waals surface area contributed by atoms with E-state index in [4.69, 9.17) is 0 Å². The molecule has 1 N–H and O–H groups in total. The van der Waals surface area contributed by atoms with Crippen LogP contribution in [0.25, 0.3) is 21.2 Å². The number of nitrogens with one attached hydrogen (secondary N) is 1. The number of carbonyl (C=O) groups excluding carboxylic acids is 2. The Kier molecular flexibility index (Phi) is 4.49. The van der Waals surface area contributed by atoms with E-state index >= 15 is 0 Å². The minimum Gasteiger partial charge on any atom is -0.347 e. The summed E-state index contributed by atoms with van der Waals surface area (Å²) in [5.41, 5.74) is 2.84. The second-order valence-corrected chi connectivity index (χ2v) is 8.90. The van der Waals surface area contributed by atoms with Gasteiger partial charge in [0.25, 0.3) is 5.91 Å². The normalized spacial score (nSPS) is 23.6. The van der Waals surface area contributed by atoms with Crippen molar-refractivity contribution in [3.63, 3.8) is 0 Å². The molecular weight excluding hydrogens is 368 g/mol. The van der Waals surface area contributed by atoms with Crippen molar-refractivity contribution in [2.24, 2.45) is 5.92 Å². The van der Waals surface area contributed by atoms with Crippen molar-refractivity contribution in [3.05, 3.63) is 59.0 Å². The van der Waals surface area contributed by atoms with Crippen molar-refractivity contribution in [2.45, 2.75) is 18.9 Å². The molecule has 3 aromatic rings. The first-order chi connectivity index (χ1) is 13.7. The summed E-state index contributed by atoms with van der Waals surface area (Å²) in [4.78, 5) is 26.9. The van der Waals surface area contributed by atoms with Gasteiger partial charge < -0.3 is 10.2 Å². The molecule has 0 radical (unpaired) electrons. The number of thiophene rings is 1. The van der Waals surface area contributed by atoms with Gasteiger partial charge in [0, 0.05) is 22.8 Å². The number of hydrogen-bond acceptors (Lipinski definition) is 4. The van der Waals surface area contributed by atoms with Crippen LogP contribution in [0.5, 0.6) is 0 Å². The van der Waals surface area contributed by atoms with E-state index in [-0.39, 0.29) is 11.9 Å². The maximum absolute atomic E-state index is 12.8. The summed E-state index contributed by atoms with van der Waals surface area (Å²) < 4.78 is 1.11. The maximum Gasteiger partial charge on any atom is 0.261 e. The van der Waals surface area contributed by atoms with Crippen LogP contribution in [-0.2, 0) is 0 Å². The SMILES string of the molecule is O=Cc1ccc(-c2ccc3cc(C(=O)NC4CN5CCC4CC5)sc3c2)cc1. The molecule has 2 aromatic carbocycles. The van der Waals surface area contributed by atoms with Crippen LogP contribution in [0.15, 0.2) is 48.5 Å². The highest BCUT2D eigenvalue weighted by Crippen LogP contribution is 2.32. The van der Waals surface area contributed by atoms with Gasteiger partial charge in [0.2, 0.25) is 0 Å². The maximum atomic E-state index is 12.8. The van der Waals surface area contributed by atoms with E-state index in [1.54, 1.807) is 11.3 Å². The molecule has 3 saturated heterocycles. The molecule has 3 fully saturated rings. The summed E-state index contributed by atoms with van der Waals surface area (Å²) in [5.74, 6) is 0.682. The van der Waals surface area contributed by atoms with Gasteiger partial charge in [0.05, 0.1) is 4.88 Å². The highest BCUT2D eigenvalue weighted by Gasteiger charge is 2.35. The van der Waals surface area contributed by atoms with E-state index in [0.29, 0.717) is 11.5 Å². The molecule has 5 heteroatoms. The zero-order chi connectivity index (χ0) is 19.1. The molecule has 0 spiro atoms. The first-order valence-electron chi connectivity index (χ1n) is 9.82. The number of rotatable bonds is 4. The Morgan fingerprint density at radius 3 is 2.46 bits per heavy atom. The largest absolute Gasteiger partial charge is 0.347 e. The molecule has 2 bridgehead atoms. The van der Waals surface area contributed by atoms with Gasteiger partial charge >= 0.3 is 0 Å². The van der Waals surface area contributed by atoms with Crippen LogP contribution < -0.4 is 5.32 Å². The highest BCUT2D eigenvalue weighted by molar-refractivity contribution is 7.20. The van der Waals surface area contributed by atoms with Crippen LogP contribution in [0.2, 0.25) is 0 Å². The lowest BCUT2D eigenvalue weighted by Gasteiger charge is -2.44. The van der Waals surface area contributed by atoms with Crippen molar-refractivity contribution in [1.29, 1.82) is 0 Å². The first kappa shape index (κ1) is 17.6. The number of amides is 1. The molecule has 28 heavy (non-hydrogen) atoms. The molecular formula is C23H22N2O2S. The molecule has 1 unspecified atom stereocenters. The smallest absolute Gasteiger partial charge is 0.261 e. The van der Waals surface area contributed by atoms with Gasteiger partial charge in [-0.2, -0.15) is 0 Å². The zero-order valence-electron chi connectivity index (χ0n) is 15.6. The average Bonchev–Trinajstić information content (AvgIpc) is 3.18. The van der Waals surface area contributed by atoms with Gasteiger partial charge in [0.1, 0.15) is 6.29 Å². The zero-order valence-corrected chi connectivity index (χ0v) is 16.4. The predicted octanol–water partition coefficient (Wildman–Crippen LogP) is 4.20. The Morgan fingerprint density at radius 2 is 1.79 bits per heavy atom. The lowest BCUT2D eigenvalue weighted by atomic mass is 9.84. The third-order valence-electron chi connectivity index (χ3n) is 6.10. The van der Waals surface area contributed by atoms with E-state index in [9.17, 15) is 9.59 Å². The van der Waals surface area contributed by atoms with Crippen molar-refractivity contribution < 1.29 is 9.59 Å².